The first-order chi connectivity index (χ1) is 8.08. The SMILES string of the molecule is CC1CCC(NC(=O)c2cncn2C)C(C)N1. The molecule has 1 aliphatic rings. The third-order valence-electron chi connectivity index (χ3n) is 3.43. The summed E-state index contributed by atoms with van der Waals surface area (Å²) in [5, 5.41) is 6.53. The fourth-order valence-electron chi connectivity index (χ4n) is 2.34. The van der Waals surface area contributed by atoms with Gasteiger partial charge < -0.3 is 15.2 Å². The first kappa shape index (κ1) is 12.1. The highest BCUT2D eigenvalue weighted by molar-refractivity contribution is 5.92. The number of piperidine rings is 1. The van der Waals surface area contributed by atoms with Crippen molar-refractivity contribution in [3.8, 4) is 0 Å². The Morgan fingerprint density at radius 1 is 1.53 bits per heavy atom. The van der Waals surface area contributed by atoms with E-state index in [2.05, 4.69) is 29.5 Å². The van der Waals surface area contributed by atoms with Crippen molar-refractivity contribution in [3.05, 3.63) is 18.2 Å². The summed E-state index contributed by atoms with van der Waals surface area (Å²) in [5.41, 5.74) is 0.607. The predicted molar refractivity (Wildman–Crippen MR) is 65.8 cm³/mol. The van der Waals surface area contributed by atoms with Crippen LogP contribution < -0.4 is 10.6 Å². The first-order valence-electron chi connectivity index (χ1n) is 6.11. The molecule has 0 bridgehead atoms. The Bertz CT molecular complexity index is 401. The topological polar surface area (TPSA) is 59.0 Å². The zero-order valence-electron chi connectivity index (χ0n) is 10.6. The summed E-state index contributed by atoms with van der Waals surface area (Å²) >= 11 is 0. The normalized spacial score (nSPS) is 29.0. The molecule has 1 aromatic heterocycles. The van der Waals surface area contributed by atoms with E-state index in [1.165, 1.54) is 0 Å². The van der Waals surface area contributed by atoms with Gasteiger partial charge in [-0.1, -0.05) is 0 Å². The van der Waals surface area contributed by atoms with Crippen molar-refractivity contribution < 1.29 is 4.79 Å². The van der Waals surface area contributed by atoms with E-state index in [-0.39, 0.29) is 11.9 Å². The monoisotopic (exact) mass is 236 g/mol. The van der Waals surface area contributed by atoms with Crippen molar-refractivity contribution in [1.82, 2.24) is 20.2 Å². The van der Waals surface area contributed by atoms with E-state index in [1.807, 2.05) is 7.05 Å². The molecule has 2 N–H and O–H groups in total. The van der Waals surface area contributed by atoms with Gasteiger partial charge in [0.1, 0.15) is 5.69 Å². The lowest BCUT2D eigenvalue weighted by atomic mass is 9.95. The number of nitrogens with zero attached hydrogens (tertiary/aromatic N) is 2. The van der Waals surface area contributed by atoms with Gasteiger partial charge in [0.2, 0.25) is 0 Å². The molecule has 1 amide bonds. The number of hydrogen-bond acceptors (Lipinski definition) is 3. The second-order valence-electron chi connectivity index (χ2n) is 4.90. The maximum absolute atomic E-state index is 12.0. The zero-order valence-corrected chi connectivity index (χ0v) is 10.6. The van der Waals surface area contributed by atoms with Gasteiger partial charge in [-0.3, -0.25) is 4.79 Å². The van der Waals surface area contributed by atoms with Crippen LogP contribution in [-0.2, 0) is 7.05 Å². The number of carbonyl (C=O) groups is 1. The summed E-state index contributed by atoms with van der Waals surface area (Å²) in [6, 6.07) is 1.05. The minimum atomic E-state index is -0.0433. The molecule has 2 heterocycles. The number of imidazole rings is 1. The van der Waals surface area contributed by atoms with Gasteiger partial charge in [-0.2, -0.15) is 0 Å². The van der Waals surface area contributed by atoms with Crippen molar-refractivity contribution in [3.63, 3.8) is 0 Å². The number of aryl methyl sites for hydroxylation is 1. The van der Waals surface area contributed by atoms with Crippen LogP contribution in [0.2, 0.25) is 0 Å². The molecular formula is C12H20N4O. The predicted octanol–water partition coefficient (Wildman–Crippen LogP) is 0.679. The number of carbonyl (C=O) groups excluding carboxylic acids is 1. The van der Waals surface area contributed by atoms with Crippen LogP contribution in [0.1, 0.15) is 37.2 Å². The van der Waals surface area contributed by atoms with Gasteiger partial charge in [0, 0.05) is 25.2 Å². The van der Waals surface area contributed by atoms with Gasteiger partial charge in [-0.25, -0.2) is 4.98 Å². The second-order valence-corrected chi connectivity index (χ2v) is 4.90. The van der Waals surface area contributed by atoms with E-state index < -0.39 is 0 Å². The highest BCUT2D eigenvalue weighted by Crippen LogP contribution is 2.13. The number of aromatic nitrogens is 2. The van der Waals surface area contributed by atoms with E-state index in [0.29, 0.717) is 17.8 Å². The zero-order chi connectivity index (χ0) is 12.4. The molecule has 1 fully saturated rings. The van der Waals surface area contributed by atoms with Gasteiger partial charge in [0.05, 0.1) is 12.5 Å². The molecular weight excluding hydrogens is 216 g/mol. The maximum atomic E-state index is 12.0. The summed E-state index contributed by atoms with van der Waals surface area (Å²) in [6.45, 7) is 4.29. The Hall–Kier alpha value is -1.36. The Balaban J connectivity index is 1.97. The summed E-state index contributed by atoms with van der Waals surface area (Å²) in [4.78, 5) is 16.0. The molecule has 3 atom stereocenters. The average molecular weight is 236 g/mol. The van der Waals surface area contributed by atoms with Crippen molar-refractivity contribution >= 4 is 5.91 Å². The summed E-state index contributed by atoms with van der Waals surface area (Å²) in [5.74, 6) is -0.0433. The van der Waals surface area contributed by atoms with Crippen LogP contribution in [0, 0.1) is 0 Å². The lowest BCUT2D eigenvalue weighted by Crippen LogP contribution is -2.54. The van der Waals surface area contributed by atoms with Crippen LogP contribution in [0.4, 0.5) is 0 Å². The van der Waals surface area contributed by atoms with Crippen molar-refractivity contribution in [2.24, 2.45) is 7.05 Å². The van der Waals surface area contributed by atoms with Gasteiger partial charge in [0.15, 0.2) is 0 Å². The van der Waals surface area contributed by atoms with Crippen molar-refractivity contribution in [1.29, 1.82) is 0 Å². The number of rotatable bonds is 2. The summed E-state index contributed by atoms with van der Waals surface area (Å²) in [6.07, 6.45) is 5.36. The smallest absolute Gasteiger partial charge is 0.269 e. The third kappa shape index (κ3) is 2.66. The summed E-state index contributed by atoms with van der Waals surface area (Å²) < 4.78 is 1.74. The quantitative estimate of drug-likeness (QED) is 0.794. The van der Waals surface area contributed by atoms with Gasteiger partial charge in [-0.15, -0.1) is 0 Å². The fraction of sp³-hybridized carbons (Fsp3) is 0.667. The molecule has 5 nitrogen and oxygen atoms in total. The molecule has 1 saturated heterocycles. The van der Waals surface area contributed by atoms with Crippen LogP contribution in [-0.4, -0.2) is 33.6 Å². The Kier molecular flexibility index (Phi) is 3.47. The molecule has 17 heavy (non-hydrogen) atoms. The van der Waals surface area contributed by atoms with Gasteiger partial charge >= 0.3 is 0 Å². The van der Waals surface area contributed by atoms with Gasteiger partial charge in [-0.05, 0) is 26.7 Å². The first-order valence-corrected chi connectivity index (χ1v) is 6.11. The highest BCUT2D eigenvalue weighted by atomic mass is 16.2. The highest BCUT2D eigenvalue weighted by Gasteiger charge is 2.26. The summed E-state index contributed by atoms with van der Waals surface area (Å²) in [7, 11) is 1.83. The van der Waals surface area contributed by atoms with E-state index in [9.17, 15) is 4.79 Å². The minimum absolute atomic E-state index is 0.0433. The lowest BCUT2D eigenvalue weighted by Gasteiger charge is -2.34. The van der Waals surface area contributed by atoms with Crippen molar-refractivity contribution in [2.75, 3.05) is 0 Å². The average Bonchev–Trinajstić information content (AvgIpc) is 2.68. The molecule has 0 saturated carbocycles. The molecule has 1 aliphatic heterocycles. The molecule has 1 aromatic rings. The van der Waals surface area contributed by atoms with Crippen molar-refractivity contribution in [2.45, 2.75) is 44.8 Å². The molecule has 2 rings (SSSR count). The molecule has 3 unspecified atom stereocenters. The van der Waals surface area contributed by atoms with E-state index >= 15 is 0 Å². The van der Waals surface area contributed by atoms with Crippen LogP contribution >= 0.6 is 0 Å². The van der Waals surface area contributed by atoms with E-state index in [0.717, 1.165) is 12.8 Å². The molecule has 0 spiro atoms. The van der Waals surface area contributed by atoms with Crippen LogP contribution in [0.5, 0.6) is 0 Å². The molecule has 5 heteroatoms. The Morgan fingerprint density at radius 3 is 2.88 bits per heavy atom. The van der Waals surface area contributed by atoms with E-state index in [4.69, 9.17) is 0 Å². The third-order valence-corrected chi connectivity index (χ3v) is 3.43. The number of hydrogen-bond donors (Lipinski definition) is 2. The second kappa shape index (κ2) is 4.87. The molecule has 0 aliphatic carbocycles. The van der Waals surface area contributed by atoms with Gasteiger partial charge in [0.25, 0.3) is 5.91 Å². The van der Waals surface area contributed by atoms with E-state index in [1.54, 1.807) is 17.1 Å². The largest absolute Gasteiger partial charge is 0.346 e. The molecule has 0 radical (unpaired) electrons. The standard InChI is InChI=1S/C12H20N4O/c1-8-4-5-10(9(2)14-8)15-12(17)11-6-13-7-16(11)3/h6-10,14H,4-5H2,1-3H3,(H,15,17). The molecule has 0 aromatic carbocycles. The Labute approximate surface area is 102 Å². The van der Waals surface area contributed by atoms with Crippen LogP contribution in [0.3, 0.4) is 0 Å². The maximum Gasteiger partial charge on any atom is 0.269 e. The fourth-order valence-corrected chi connectivity index (χ4v) is 2.34. The number of nitrogens with one attached hydrogen (secondary N) is 2. The number of amides is 1. The Morgan fingerprint density at radius 2 is 2.29 bits per heavy atom. The molecule has 94 valence electrons. The lowest BCUT2D eigenvalue weighted by molar-refractivity contribution is 0.0906. The van der Waals surface area contributed by atoms with Crippen LogP contribution in [0.15, 0.2) is 12.5 Å². The minimum Gasteiger partial charge on any atom is -0.346 e. The van der Waals surface area contributed by atoms with Crippen LogP contribution in [0.25, 0.3) is 0 Å².